The van der Waals surface area contributed by atoms with Crippen LogP contribution in [0.1, 0.15) is 12.5 Å². The summed E-state index contributed by atoms with van der Waals surface area (Å²) in [6.45, 7) is 1.84. The van der Waals surface area contributed by atoms with Crippen molar-refractivity contribution in [2.45, 2.75) is 13.0 Å². The standard InChI is InChI=1S/C11H13BrFNO/c1-7(14)3-4-8-5-9(12)6-10(13)11(8)15-2/h3-7H,14H2,1-2H3/b4-3+. The number of ether oxygens (including phenoxy) is 1. The van der Waals surface area contributed by atoms with Crippen molar-refractivity contribution in [3.8, 4) is 5.75 Å². The second-order valence-electron chi connectivity index (χ2n) is 3.23. The van der Waals surface area contributed by atoms with Gasteiger partial charge in [0.1, 0.15) is 0 Å². The van der Waals surface area contributed by atoms with Gasteiger partial charge in [0.15, 0.2) is 11.6 Å². The maximum absolute atomic E-state index is 13.4. The number of rotatable bonds is 3. The topological polar surface area (TPSA) is 35.2 Å². The van der Waals surface area contributed by atoms with Gasteiger partial charge in [-0.1, -0.05) is 28.1 Å². The molecule has 0 heterocycles. The Morgan fingerprint density at radius 3 is 2.73 bits per heavy atom. The summed E-state index contributed by atoms with van der Waals surface area (Å²) >= 11 is 3.22. The van der Waals surface area contributed by atoms with Crippen LogP contribution >= 0.6 is 15.9 Å². The molecule has 0 aliphatic rings. The molecule has 0 saturated carbocycles. The molecule has 2 N–H and O–H groups in total. The van der Waals surface area contributed by atoms with E-state index in [1.54, 1.807) is 18.2 Å². The Hall–Kier alpha value is -0.870. The second kappa shape index (κ2) is 5.28. The van der Waals surface area contributed by atoms with Gasteiger partial charge in [-0.05, 0) is 19.1 Å². The van der Waals surface area contributed by atoms with Crippen molar-refractivity contribution < 1.29 is 9.13 Å². The van der Waals surface area contributed by atoms with Gasteiger partial charge in [-0.15, -0.1) is 0 Å². The van der Waals surface area contributed by atoms with E-state index in [9.17, 15) is 4.39 Å². The van der Waals surface area contributed by atoms with Crippen molar-refractivity contribution in [3.63, 3.8) is 0 Å². The Morgan fingerprint density at radius 1 is 1.53 bits per heavy atom. The van der Waals surface area contributed by atoms with Gasteiger partial charge in [0.2, 0.25) is 0 Å². The molecular weight excluding hydrogens is 261 g/mol. The van der Waals surface area contributed by atoms with Crippen LogP contribution in [0.4, 0.5) is 4.39 Å². The Labute approximate surface area is 97.1 Å². The maximum atomic E-state index is 13.4. The smallest absolute Gasteiger partial charge is 0.166 e. The zero-order chi connectivity index (χ0) is 11.4. The first-order valence-corrected chi connectivity index (χ1v) is 5.30. The van der Waals surface area contributed by atoms with E-state index >= 15 is 0 Å². The van der Waals surface area contributed by atoms with Gasteiger partial charge in [-0.3, -0.25) is 0 Å². The van der Waals surface area contributed by atoms with Crippen LogP contribution in [-0.4, -0.2) is 13.2 Å². The lowest BCUT2D eigenvalue weighted by Crippen LogP contribution is -2.10. The summed E-state index contributed by atoms with van der Waals surface area (Å²) in [5, 5.41) is 0. The van der Waals surface area contributed by atoms with Crippen molar-refractivity contribution in [2.75, 3.05) is 7.11 Å². The Bertz CT molecular complexity index is 377. The van der Waals surface area contributed by atoms with Crippen LogP contribution in [0.25, 0.3) is 6.08 Å². The summed E-state index contributed by atoms with van der Waals surface area (Å²) in [6.07, 6.45) is 3.53. The first-order valence-electron chi connectivity index (χ1n) is 4.51. The molecule has 0 bridgehead atoms. The van der Waals surface area contributed by atoms with Crippen LogP contribution in [0.5, 0.6) is 5.75 Å². The third-order valence-electron chi connectivity index (χ3n) is 1.82. The van der Waals surface area contributed by atoms with Gasteiger partial charge in [-0.2, -0.15) is 0 Å². The fourth-order valence-electron chi connectivity index (χ4n) is 1.17. The molecule has 1 aromatic carbocycles. The molecule has 0 amide bonds. The van der Waals surface area contributed by atoms with Crippen LogP contribution < -0.4 is 10.5 Å². The highest BCUT2D eigenvalue weighted by Crippen LogP contribution is 2.28. The quantitative estimate of drug-likeness (QED) is 0.919. The summed E-state index contributed by atoms with van der Waals surface area (Å²) in [7, 11) is 1.44. The SMILES string of the molecule is COc1c(F)cc(Br)cc1/C=C/C(C)N. The van der Waals surface area contributed by atoms with Gasteiger partial charge >= 0.3 is 0 Å². The molecule has 0 aliphatic carbocycles. The number of benzene rings is 1. The lowest BCUT2D eigenvalue weighted by atomic mass is 10.1. The number of hydrogen-bond donors (Lipinski definition) is 1. The van der Waals surface area contributed by atoms with Gasteiger partial charge < -0.3 is 10.5 Å². The summed E-state index contributed by atoms with van der Waals surface area (Å²) in [6, 6.07) is 3.07. The average Bonchev–Trinajstić information content (AvgIpc) is 2.13. The monoisotopic (exact) mass is 273 g/mol. The fourth-order valence-corrected chi connectivity index (χ4v) is 1.62. The van der Waals surface area contributed by atoms with E-state index in [-0.39, 0.29) is 11.8 Å². The van der Waals surface area contributed by atoms with Gasteiger partial charge in [0, 0.05) is 16.1 Å². The predicted molar refractivity (Wildman–Crippen MR) is 63.3 cm³/mol. The van der Waals surface area contributed by atoms with Crippen molar-refractivity contribution >= 4 is 22.0 Å². The first-order chi connectivity index (χ1) is 7.04. The molecule has 0 aliphatic heterocycles. The normalized spacial score (nSPS) is 13.1. The summed E-state index contributed by atoms with van der Waals surface area (Å²) in [5.74, 6) is -0.161. The van der Waals surface area contributed by atoms with E-state index in [0.29, 0.717) is 10.0 Å². The average molecular weight is 274 g/mol. The zero-order valence-corrected chi connectivity index (χ0v) is 10.2. The highest BCUT2D eigenvalue weighted by molar-refractivity contribution is 9.10. The molecule has 0 saturated heterocycles. The van der Waals surface area contributed by atoms with E-state index in [1.165, 1.54) is 13.2 Å². The summed E-state index contributed by atoms with van der Waals surface area (Å²) in [4.78, 5) is 0. The molecule has 0 aromatic heterocycles. The Balaban J connectivity index is 3.14. The molecule has 15 heavy (non-hydrogen) atoms. The zero-order valence-electron chi connectivity index (χ0n) is 8.63. The minimum absolute atomic E-state index is 0.0725. The van der Waals surface area contributed by atoms with E-state index in [2.05, 4.69) is 15.9 Å². The lowest BCUT2D eigenvalue weighted by molar-refractivity contribution is 0.385. The summed E-state index contributed by atoms with van der Waals surface area (Å²) < 4.78 is 19.1. The van der Waals surface area contributed by atoms with E-state index in [4.69, 9.17) is 10.5 Å². The Kier molecular flexibility index (Phi) is 4.29. The van der Waals surface area contributed by atoms with Crippen LogP contribution in [0.15, 0.2) is 22.7 Å². The van der Waals surface area contributed by atoms with E-state index in [1.807, 2.05) is 6.92 Å². The minimum atomic E-state index is -0.392. The van der Waals surface area contributed by atoms with E-state index in [0.717, 1.165) is 0 Å². The highest BCUT2D eigenvalue weighted by Gasteiger charge is 2.08. The van der Waals surface area contributed by atoms with Crippen LogP contribution in [0.2, 0.25) is 0 Å². The van der Waals surface area contributed by atoms with Crippen LogP contribution in [0.3, 0.4) is 0 Å². The third-order valence-corrected chi connectivity index (χ3v) is 2.28. The van der Waals surface area contributed by atoms with Crippen LogP contribution in [0, 0.1) is 5.82 Å². The molecular formula is C11H13BrFNO. The molecule has 1 unspecified atom stereocenters. The maximum Gasteiger partial charge on any atom is 0.166 e. The molecule has 0 radical (unpaired) electrons. The second-order valence-corrected chi connectivity index (χ2v) is 4.14. The fraction of sp³-hybridized carbons (Fsp3) is 0.273. The number of nitrogens with two attached hydrogens (primary N) is 1. The van der Waals surface area contributed by atoms with Crippen molar-refractivity contribution in [1.82, 2.24) is 0 Å². The summed E-state index contributed by atoms with van der Waals surface area (Å²) in [5.41, 5.74) is 6.24. The van der Waals surface area contributed by atoms with E-state index < -0.39 is 5.82 Å². The van der Waals surface area contributed by atoms with Gasteiger partial charge in [0.25, 0.3) is 0 Å². The molecule has 1 atom stereocenters. The number of hydrogen-bond acceptors (Lipinski definition) is 2. The van der Waals surface area contributed by atoms with Crippen molar-refractivity contribution in [3.05, 3.63) is 34.1 Å². The minimum Gasteiger partial charge on any atom is -0.493 e. The third kappa shape index (κ3) is 3.32. The van der Waals surface area contributed by atoms with Crippen LogP contribution in [-0.2, 0) is 0 Å². The largest absolute Gasteiger partial charge is 0.493 e. The first kappa shape index (κ1) is 12.2. The molecule has 82 valence electrons. The lowest BCUT2D eigenvalue weighted by Gasteiger charge is -2.07. The predicted octanol–water partition coefficient (Wildman–Crippen LogP) is 2.96. The molecule has 2 nitrogen and oxygen atoms in total. The van der Waals surface area contributed by atoms with Gasteiger partial charge in [0.05, 0.1) is 7.11 Å². The number of halogens is 2. The molecule has 1 aromatic rings. The van der Waals surface area contributed by atoms with Crippen molar-refractivity contribution in [1.29, 1.82) is 0 Å². The van der Waals surface area contributed by atoms with Crippen molar-refractivity contribution in [2.24, 2.45) is 5.73 Å². The Morgan fingerprint density at radius 2 is 2.20 bits per heavy atom. The molecule has 0 spiro atoms. The number of methoxy groups -OCH3 is 1. The van der Waals surface area contributed by atoms with Gasteiger partial charge in [-0.25, -0.2) is 4.39 Å². The molecule has 0 fully saturated rings. The molecule has 1 rings (SSSR count). The highest BCUT2D eigenvalue weighted by atomic mass is 79.9. The molecule has 4 heteroatoms.